The summed E-state index contributed by atoms with van der Waals surface area (Å²) in [6.07, 6.45) is 11.6. The number of nitrogens with zero attached hydrogens (tertiary/aromatic N) is 3. The molecular formula is C25H29N5O2S. The van der Waals surface area contributed by atoms with Gasteiger partial charge in [-0.25, -0.2) is 0 Å². The number of carbonyl (C=O) groups is 1. The third kappa shape index (κ3) is 6.35. The van der Waals surface area contributed by atoms with E-state index in [1.54, 1.807) is 13.1 Å². The van der Waals surface area contributed by atoms with Gasteiger partial charge in [-0.05, 0) is 69.9 Å². The predicted molar refractivity (Wildman–Crippen MR) is 133 cm³/mol. The fourth-order valence-corrected chi connectivity index (χ4v) is 4.97. The molecular weight excluding hydrogens is 434 g/mol. The van der Waals surface area contributed by atoms with Crippen LogP contribution in [0.3, 0.4) is 0 Å². The first-order valence-electron chi connectivity index (χ1n) is 11.2. The second-order valence-electron chi connectivity index (χ2n) is 7.84. The summed E-state index contributed by atoms with van der Waals surface area (Å²) in [5.74, 6) is 1.72. The van der Waals surface area contributed by atoms with Crippen LogP contribution < -0.4 is 25.4 Å². The maximum atomic E-state index is 12.8. The Hall–Kier alpha value is -3.33. The molecule has 0 bridgehead atoms. The highest BCUT2D eigenvalue weighted by atomic mass is 32.1. The van der Waals surface area contributed by atoms with Crippen LogP contribution in [0.4, 0.5) is 5.69 Å². The first kappa shape index (κ1) is 24.3. The van der Waals surface area contributed by atoms with Gasteiger partial charge < -0.3 is 15.5 Å². The number of aryl methyl sites for hydroxylation is 1. The molecule has 1 aliphatic heterocycles. The van der Waals surface area contributed by atoms with Crippen LogP contribution in [-0.2, 0) is 17.8 Å². The molecule has 0 atom stereocenters. The van der Waals surface area contributed by atoms with Gasteiger partial charge in [0.1, 0.15) is 15.3 Å². The number of rotatable bonds is 9. The second kappa shape index (κ2) is 12.1. The molecule has 1 aliphatic rings. The molecule has 0 unspecified atom stereocenters. The molecule has 0 aliphatic carbocycles. The van der Waals surface area contributed by atoms with E-state index in [9.17, 15) is 14.9 Å². The zero-order valence-corrected chi connectivity index (χ0v) is 19.7. The van der Waals surface area contributed by atoms with Gasteiger partial charge in [-0.3, -0.25) is 14.2 Å². The highest BCUT2D eigenvalue weighted by molar-refractivity contribution is 7.07. The number of amides is 1. The average Bonchev–Trinajstić information content (AvgIpc) is 3.45. The first-order valence-corrected chi connectivity index (χ1v) is 12.0. The Morgan fingerprint density at radius 2 is 2.12 bits per heavy atom. The lowest BCUT2D eigenvalue weighted by Gasteiger charge is -2.14. The van der Waals surface area contributed by atoms with Crippen LogP contribution in [0, 0.1) is 23.7 Å². The summed E-state index contributed by atoms with van der Waals surface area (Å²) in [6.45, 7) is 5.72. The number of hydrogen-bond donors (Lipinski definition) is 2. The number of terminal acetylenes is 1. The van der Waals surface area contributed by atoms with Gasteiger partial charge in [-0.1, -0.05) is 18.1 Å². The lowest BCUT2D eigenvalue weighted by molar-refractivity contribution is -0.115. The van der Waals surface area contributed by atoms with Crippen LogP contribution in [0.2, 0.25) is 0 Å². The molecule has 2 aromatic rings. The van der Waals surface area contributed by atoms with Crippen molar-refractivity contribution in [1.29, 1.82) is 5.26 Å². The van der Waals surface area contributed by atoms with E-state index in [4.69, 9.17) is 6.42 Å². The lowest BCUT2D eigenvalue weighted by atomic mass is 10.1. The van der Waals surface area contributed by atoms with E-state index in [0.717, 1.165) is 36.4 Å². The van der Waals surface area contributed by atoms with Gasteiger partial charge in [-0.15, -0.1) is 17.8 Å². The minimum atomic E-state index is -0.583. The van der Waals surface area contributed by atoms with E-state index in [-0.39, 0.29) is 17.7 Å². The van der Waals surface area contributed by atoms with Gasteiger partial charge in [0.25, 0.3) is 11.5 Å². The van der Waals surface area contributed by atoms with Crippen molar-refractivity contribution < 1.29 is 4.79 Å². The summed E-state index contributed by atoms with van der Waals surface area (Å²) in [5.41, 5.74) is 1.77. The number of likely N-dealkylation sites (tertiary alicyclic amines) is 1. The Morgan fingerprint density at radius 3 is 2.82 bits per heavy atom. The highest BCUT2D eigenvalue weighted by Crippen LogP contribution is 2.14. The smallest absolute Gasteiger partial charge is 0.270 e. The van der Waals surface area contributed by atoms with Crippen LogP contribution >= 0.6 is 11.3 Å². The van der Waals surface area contributed by atoms with E-state index in [1.807, 2.05) is 18.2 Å². The third-order valence-corrected chi connectivity index (χ3v) is 6.69. The first-order chi connectivity index (χ1) is 16.1. The van der Waals surface area contributed by atoms with Gasteiger partial charge in [0, 0.05) is 18.4 Å². The van der Waals surface area contributed by atoms with Gasteiger partial charge in [-0.2, -0.15) is 5.26 Å². The number of nitriles is 1. The molecule has 7 nitrogen and oxygen atoms in total. The van der Waals surface area contributed by atoms with Crippen molar-refractivity contribution in [2.45, 2.75) is 39.2 Å². The second-order valence-corrected chi connectivity index (χ2v) is 8.87. The van der Waals surface area contributed by atoms with Crippen LogP contribution in [0.25, 0.3) is 11.8 Å². The Kier molecular flexibility index (Phi) is 8.88. The molecule has 33 heavy (non-hydrogen) atoms. The Labute approximate surface area is 198 Å². The van der Waals surface area contributed by atoms with Gasteiger partial charge in [0.2, 0.25) is 0 Å². The summed E-state index contributed by atoms with van der Waals surface area (Å²) in [5, 5.41) is 15.2. The fraction of sp³-hybridized carbons (Fsp3) is 0.400. The van der Waals surface area contributed by atoms with Gasteiger partial charge in [0.05, 0.1) is 6.54 Å². The molecule has 3 rings (SSSR count). The van der Waals surface area contributed by atoms with E-state index in [1.165, 1.54) is 36.1 Å². The SMILES string of the molecule is C#CCNC(=O)C(C#N)=c1sc(=CNc2cccc(CCCN3CCCC3)c2)c(=O)n1CC. The number of thiazole rings is 1. The molecule has 0 saturated carbocycles. The van der Waals surface area contributed by atoms with Crippen molar-refractivity contribution in [2.75, 3.05) is 31.5 Å². The van der Waals surface area contributed by atoms with Crippen molar-refractivity contribution in [2.24, 2.45) is 0 Å². The summed E-state index contributed by atoms with van der Waals surface area (Å²) < 4.78 is 2.17. The molecule has 172 valence electrons. The zero-order chi connectivity index (χ0) is 23.6. The number of hydrogen-bond acceptors (Lipinski definition) is 6. The summed E-state index contributed by atoms with van der Waals surface area (Å²) in [6, 6.07) is 10.1. The molecule has 1 fully saturated rings. The number of benzene rings is 1. The zero-order valence-electron chi connectivity index (χ0n) is 18.9. The van der Waals surface area contributed by atoms with Gasteiger partial charge >= 0.3 is 0 Å². The van der Waals surface area contributed by atoms with Crippen molar-refractivity contribution in [3.63, 3.8) is 0 Å². The Balaban J connectivity index is 1.79. The number of carbonyl (C=O) groups excluding carboxylic acids is 1. The fourth-order valence-electron chi connectivity index (χ4n) is 3.89. The molecule has 0 spiro atoms. The number of anilines is 1. The Bertz CT molecular complexity index is 1240. The normalized spacial score (nSPS) is 15.1. The molecule has 2 heterocycles. The van der Waals surface area contributed by atoms with Crippen LogP contribution in [0.5, 0.6) is 0 Å². The monoisotopic (exact) mass is 463 g/mol. The van der Waals surface area contributed by atoms with Crippen LogP contribution in [-0.4, -0.2) is 41.6 Å². The number of nitrogens with one attached hydrogen (secondary N) is 2. The van der Waals surface area contributed by atoms with Gasteiger partial charge in [0.15, 0.2) is 5.57 Å². The quantitative estimate of drug-likeness (QED) is 0.546. The van der Waals surface area contributed by atoms with E-state index < -0.39 is 5.91 Å². The predicted octanol–water partition coefficient (Wildman–Crippen LogP) is 1.23. The largest absolute Gasteiger partial charge is 0.360 e. The standard InChI is InChI=1S/C25H29N5O2S/c1-3-12-27-23(31)21(17-26)25-30(4-2)24(32)22(33-25)18-28-20-11-7-9-19(16-20)10-8-15-29-13-5-6-14-29/h1,7,9,11,16,18,28H,4-6,8,10,12-15H2,2H3,(H,27,31). The van der Waals surface area contributed by atoms with Crippen molar-refractivity contribution in [3.8, 4) is 18.4 Å². The molecule has 1 amide bonds. The summed E-state index contributed by atoms with van der Waals surface area (Å²) in [4.78, 5) is 27.7. The molecule has 1 aromatic heterocycles. The average molecular weight is 464 g/mol. The van der Waals surface area contributed by atoms with E-state index in [0.29, 0.717) is 15.7 Å². The highest BCUT2D eigenvalue weighted by Gasteiger charge is 2.14. The third-order valence-electron chi connectivity index (χ3n) is 5.56. The number of aromatic nitrogens is 1. The minimum Gasteiger partial charge on any atom is -0.360 e. The van der Waals surface area contributed by atoms with Crippen molar-refractivity contribution >= 4 is 34.7 Å². The molecule has 0 radical (unpaired) electrons. The van der Waals surface area contributed by atoms with Crippen molar-refractivity contribution in [3.05, 3.63) is 49.4 Å². The summed E-state index contributed by atoms with van der Waals surface area (Å²) in [7, 11) is 0. The topological polar surface area (TPSA) is 90.2 Å². The van der Waals surface area contributed by atoms with Crippen molar-refractivity contribution in [1.82, 2.24) is 14.8 Å². The maximum Gasteiger partial charge on any atom is 0.270 e. The van der Waals surface area contributed by atoms with Crippen LogP contribution in [0.1, 0.15) is 31.7 Å². The lowest BCUT2D eigenvalue weighted by Crippen LogP contribution is -2.34. The van der Waals surface area contributed by atoms with E-state index >= 15 is 0 Å². The molecule has 8 heteroatoms. The molecule has 1 saturated heterocycles. The molecule has 1 aromatic carbocycles. The van der Waals surface area contributed by atoms with Crippen LogP contribution in [0.15, 0.2) is 29.1 Å². The summed E-state index contributed by atoms with van der Waals surface area (Å²) >= 11 is 1.11. The Morgan fingerprint density at radius 1 is 1.33 bits per heavy atom. The minimum absolute atomic E-state index is 0.0145. The van der Waals surface area contributed by atoms with E-state index in [2.05, 4.69) is 33.6 Å². The maximum absolute atomic E-state index is 12.8. The molecule has 2 N–H and O–H groups in total.